The lowest BCUT2D eigenvalue weighted by Crippen LogP contribution is -2.45. The molecule has 0 spiro atoms. The molecule has 1 atom stereocenters. The number of halogens is 3. The third kappa shape index (κ3) is 6.14. The molecule has 3 rings (SSSR count). The van der Waals surface area contributed by atoms with Gasteiger partial charge >= 0.3 is 5.97 Å². The van der Waals surface area contributed by atoms with Crippen LogP contribution in [-0.2, 0) is 24.5 Å². The zero-order valence-corrected chi connectivity index (χ0v) is 20.8. The fourth-order valence-corrected chi connectivity index (χ4v) is 4.30. The van der Waals surface area contributed by atoms with E-state index in [1.165, 1.54) is 24.8 Å². The standard InChI is InChI=1S/C25H27Cl2FN2O4/c1-15(31)12-29-13-19(34-16(2)32)14-30(3)24(33)25(8-9-25)18-5-6-20(23(28)11-18)17-4-7-21(26)22(27)10-17/h4-7,10-11,19,29H,8-9,12-14H2,1-3H3. The second-order valence-corrected chi connectivity index (χ2v) is 9.47. The first kappa shape index (κ1) is 26.1. The smallest absolute Gasteiger partial charge is 0.303 e. The van der Waals surface area contributed by atoms with Gasteiger partial charge in [0.05, 0.1) is 28.5 Å². The number of hydrogen-bond acceptors (Lipinski definition) is 5. The van der Waals surface area contributed by atoms with Crippen LogP contribution in [0.5, 0.6) is 0 Å². The van der Waals surface area contributed by atoms with Crippen LogP contribution in [0.1, 0.15) is 32.3 Å². The van der Waals surface area contributed by atoms with Crippen molar-refractivity contribution in [1.29, 1.82) is 0 Å². The Labute approximate surface area is 208 Å². The second kappa shape index (κ2) is 10.8. The van der Waals surface area contributed by atoms with Gasteiger partial charge in [-0.05, 0) is 49.1 Å². The molecule has 0 saturated heterocycles. The molecule has 0 bridgehead atoms. The summed E-state index contributed by atoms with van der Waals surface area (Å²) in [7, 11) is 1.63. The first-order valence-electron chi connectivity index (χ1n) is 10.9. The number of likely N-dealkylation sites (N-methyl/N-ethyl adjacent to an activating group) is 1. The van der Waals surface area contributed by atoms with Crippen LogP contribution in [0, 0.1) is 5.82 Å². The lowest BCUT2D eigenvalue weighted by atomic mass is 9.92. The number of carbonyl (C=O) groups excluding carboxylic acids is 3. The number of ketones is 1. The van der Waals surface area contributed by atoms with Crippen molar-refractivity contribution in [3.63, 3.8) is 0 Å². The van der Waals surface area contributed by atoms with Crippen molar-refractivity contribution < 1.29 is 23.5 Å². The summed E-state index contributed by atoms with van der Waals surface area (Å²) >= 11 is 12.0. The highest BCUT2D eigenvalue weighted by Crippen LogP contribution is 2.50. The molecular weight excluding hydrogens is 482 g/mol. The molecule has 0 aliphatic heterocycles. The van der Waals surface area contributed by atoms with Crippen molar-refractivity contribution >= 4 is 40.9 Å². The highest BCUT2D eigenvalue weighted by atomic mass is 35.5. The number of nitrogens with zero attached hydrogens (tertiary/aromatic N) is 1. The molecule has 1 unspecified atom stereocenters. The van der Waals surface area contributed by atoms with Crippen LogP contribution >= 0.6 is 23.2 Å². The van der Waals surface area contributed by atoms with Crippen molar-refractivity contribution in [2.24, 2.45) is 0 Å². The van der Waals surface area contributed by atoms with Gasteiger partial charge in [0.2, 0.25) is 5.91 Å². The zero-order chi connectivity index (χ0) is 25.0. The predicted octanol–water partition coefficient (Wildman–Crippen LogP) is 4.40. The number of esters is 1. The molecule has 1 amide bonds. The molecular formula is C25H27Cl2FN2O4. The first-order chi connectivity index (χ1) is 16.0. The van der Waals surface area contributed by atoms with E-state index in [0.717, 1.165) is 0 Å². The predicted molar refractivity (Wildman–Crippen MR) is 130 cm³/mol. The number of Topliss-reactive ketones (excluding diaryl/α,β-unsaturated/α-hetero) is 1. The van der Waals surface area contributed by atoms with Gasteiger partial charge in [0.1, 0.15) is 17.7 Å². The molecule has 1 N–H and O–H groups in total. The van der Waals surface area contributed by atoms with Crippen LogP contribution in [0.4, 0.5) is 4.39 Å². The van der Waals surface area contributed by atoms with Crippen LogP contribution in [0.2, 0.25) is 10.0 Å². The maximum Gasteiger partial charge on any atom is 0.303 e. The number of benzene rings is 2. The average molecular weight is 509 g/mol. The van der Waals surface area contributed by atoms with Gasteiger partial charge < -0.3 is 15.0 Å². The molecule has 34 heavy (non-hydrogen) atoms. The molecule has 6 nitrogen and oxygen atoms in total. The summed E-state index contributed by atoms with van der Waals surface area (Å²) in [5.41, 5.74) is 0.753. The van der Waals surface area contributed by atoms with E-state index in [0.29, 0.717) is 39.6 Å². The molecule has 1 aliphatic carbocycles. The monoisotopic (exact) mass is 508 g/mol. The van der Waals surface area contributed by atoms with Crippen LogP contribution in [0.3, 0.4) is 0 Å². The molecule has 2 aromatic carbocycles. The molecule has 2 aromatic rings. The molecule has 182 valence electrons. The minimum absolute atomic E-state index is 0.0470. The van der Waals surface area contributed by atoms with Gasteiger partial charge in [0, 0.05) is 26.1 Å². The van der Waals surface area contributed by atoms with E-state index in [4.69, 9.17) is 27.9 Å². The Morgan fingerprint density at radius 1 is 1.12 bits per heavy atom. The molecule has 1 fully saturated rings. The Kier molecular flexibility index (Phi) is 8.34. The van der Waals surface area contributed by atoms with Gasteiger partial charge in [-0.1, -0.05) is 41.4 Å². The highest BCUT2D eigenvalue weighted by Gasteiger charge is 2.52. The number of rotatable bonds is 10. The fourth-order valence-electron chi connectivity index (χ4n) is 4.00. The molecule has 9 heteroatoms. The maximum atomic E-state index is 15.1. The Morgan fingerprint density at radius 2 is 1.82 bits per heavy atom. The molecule has 1 saturated carbocycles. The summed E-state index contributed by atoms with van der Waals surface area (Å²) in [6.45, 7) is 3.27. The fraction of sp³-hybridized carbons (Fsp3) is 0.400. The largest absolute Gasteiger partial charge is 0.459 e. The van der Waals surface area contributed by atoms with Crippen molar-refractivity contribution in [2.45, 2.75) is 38.2 Å². The molecule has 0 heterocycles. The normalized spacial score (nSPS) is 14.9. The summed E-state index contributed by atoms with van der Waals surface area (Å²) in [5.74, 6) is -1.15. The Balaban J connectivity index is 1.75. The minimum Gasteiger partial charge on any atom is -0.459 e. The second-order valence-electron chi connectivity index (χ2n) is 8.66. The minimum atomic E-state index is -0.806. The maximum absolute atomic E-state index is 15.1. The third-order valence-corrected chi connectivity index (χ3v) is 6.55. The van der Waals surface area contributed by atoms with Gasteiger partial charge in [-0.2, -0.15) is 0 Å². The summed E-state index contributed by atoms with van der Waals surface area (Å²) < 4.78 is 20.4. The Morgan fingerprint density at radius 3 is 2.38 bits per heavy atom. The van der Waals surface area contributed by atoms with Gasteiger partial charge in [-0.3, -0.25) is 14.4 Å². The molecule has 0 radical (unpaired) electrons. The van der Waals surface area contributed by atoms with Gasteiger partial charge in [0.15, 0.2) is 0 Å². The number of nitrogens with one attached hydrogen (secondary N) is 1. The van der Waals surface area contributed by atoms with Crippen molar-refractivity contribution in [1.82, 2.24) is 10.2 Å². The van der Waals surface area contributed by atoms with Gasteiger partial charge in [-0.25, -0.2) is 4.39 Å². The summed E-state index contributed by atoms with van der Waals surface area (Å²) in [6.07, 6.45) is 0.584. The summed E-state index contributed by atoms with van der Waals surface area (Å²) in [5, 5.41) is 3.64. The average Bonchev–Trinajstić information content (AvgIpc) is 3.56. The van der Waals surface area contributed by atoms with Gasteiger partial charge in [-0.15, -0.1) is 0 Å². The topological polar surface area (TPSA) is 75.7 Å². The van der Waals surface area contributed by atoms with Crippen LogP contribution in [0.25, 0.3) is 11.1 Å². The third-order valence-electron chi connectivity index (χ3n) is 5.81. The van der Waals surface area contributed by atoms with E-state index in [9.17, 15) is 14.4 Å². The van der Waals surface area contributed by atoms with Gasteiger partial charge in [0.25, 0.3) is 0 Å². The number of hydrogen-bond donors (Lipinski definition) is 1. The number of carbonyl (C=O) groups is 3. The molecule has 1 aliphatic rings. The van der Waals surface area contributed by atoms with E-state index in [1.54, 1.807) is 37.4 Å². The number of amides is 1. The highest BCUT2D eigenvalue weighted by molar-refractivity contribution is 6.42. The SMILES string of the molecule is CC(=O)CNCC(CN(C)C(=O)C1(c2ccc(-c3ccc(Cl)c(Cl)c3)c(F)c2)CC1)OC(C)=O. The van der Waals surface area contributed by atoms with E-state index < -0.39 is 23.3 Å². The van der Waals surface area contributed by atoms with Crippen LogP contribution < -0.4 is 5.32 Å². The van der Waals surface area contributed by atoms with Crippen molar-refractivity contribution in [2.75, 3.05) is 26.7 Å². The quantitative estimate of drug-likeness (QED) is 0.481. The van der Waals surface area contributed by atoms with Crippen molar-refractivity contribution in [3.05, 3.63) is 57.8 Å². The summed E-state index contributed by atoms with van der Waals surface area (Å²) in [6, 6.07) is 9.70. The van der Waals surface area contributed by atoms with E-state index in [2.05, 4.69) is 5.32 Å². The Bertz CT molecular complexity index is 1100. The lowest BCUT2D eigenvalue weighted by Gasteiger charge is -2.28. The summed E-state index contributed by atoms with van der Waals surface area (Å²) in [4.78, 5) is 37.5. The molecule has 0 aromatic heterocycles. The van der Waals surface area contributed by atoms with Crippen LogP contribution in [0.15, 0.2) is 36.4 Å². The number of ether oxygens (including phenoxy) is 1. The van der Waals surface area contributed by atoms with Crippen molar-refractivity contribution in [3.8, 4) is 11.1 Å². The first-order valence-corrected chi connectivity index (χ1v) is 11.7. The van der Waals surface area contributed by atoms with E-state index in [1.807, 2.05) is 0 Å². The van der Waals surface area contributed by atoms with E-state index in [-0.39, 0.29) is 31.3 Å². The van der Waals surface area contributed by atoms with Crippen LogP contribution in [-0.4, -0.2) is 55.3 Å². The lowest BCUT2D eigenvalue weighted by molar-refractivity contribution is -0.149. The zero-order valence-electron chi connectivity index (χ0n) is 19.3. The Hall–Kier alpha value is -2.48. The van der Waals surface area contributed by atoms with E-state index >= 15 is 4.39 Å².